The summed E-state index contributed by atoms with van der Waals surface area (Å²) in [4.78, 5) is 0. The van der Waals surface area contributed by atoms with Gasteiger partial charge in [0.05, 0.1) is 6.61 Å². The van der Waals surface area contributed by atoms with Crippen LogP contribution in [0.15, 0.2) is 16.6 Å². The molecule has 0 aliphatic carbocycles. The van der Waals surface area contributed by atoms with E-state index in [-0.39, 0.29) is 0 Å². The van der Waals surface area contributed by atoms with Crippen molar-refractivity contribution in [2.24, 2.45) is 5.92 Å². The molecule has 0 saturated carbocycles. The summed E-state index contributed by atoms with van der Waals surface area (Å²) in [5.74, 6) is 1.57. The minimum Gasteiger partial charge on any atom is -0.493 e. The largest absolute Gasteiger partial charge is 0.493 e. The number of rotatable bonds is 5. The van der Waals surface area contributed by atoms with Gasteiger partial charge in [-0.25, -0.2) is 0 Å². The molecular weight excluding hydrogens is 266 g/mol. The van der Waals surface area contributed by atoms with E-state index in [1.54, 1.807) is 0 Å². The maximum Gasteiger partial charge on any atom is 0.126 e. The Labute approximate surface area is 107 Å². The van der Waals surface area contributed by atoms with Crippen LogP contribution in [0.5, 0.6) is 5.75 Å². The van der Waals surface area contributed by atoms with Gasteiger partial charge < -0.3 is 10.1 Å². The molecule has 1 rings (SSSR count). The fraction of sp³-hybridized carbons (Fsp3) is 0.538. The highest BCUT2D eigenvalue weighted by Crippen LogP contribution is 2.28. The zero-order valence-electron chi connectivity index (χ0n) is 10.4. The van der Waals surface area contributed by atoms with Crippen molar-refractivity contribution >= 4 is 15.9 Å². The van der Waals surface area contributed by atoms with Gasteiger partial charge >= 0.3 is 0 Å². The number of aryl methyl sites for hydroxylation is 1. The predicted octanol–water partition coefficient (Wildman–Crippen LogP) is 3.51. The van der Waals surface area contributed by atoms with Crippen molar-refractivity contribution in [3.63, 3.8) is 0 Å². The lowest BCUT2D eigenvalue weighted by atomic mass is 10.1. The number of hydrogen-bond acceptors (Lipinski definition) is 2. The Morgan fingerprint density at radius 1 is 1.38 bits per heavy atom. The molecule has 0 heterocycles. The van der Waals surface area contributed by atoms with Crippen molar-refractivity contribution in [3.8, 4) is 5.75 Å². The summed E-state index contributed by atoms with van der Waals surface area (Å²) in [5, 5.41) is 3.17. The van der Waals surface area contributed by atoms with Crippen molar-refractivity contribution < 1.29 is 4.74 Å². The Balaban J connectivity index is 2.94. The van der Waals surface area contributed by atoms with E-state index in [4.69, 9.17) is 4.74 Å². The average molecular weight is 286 g/mol. The molecule has 0 atom stereocenters. The highest BCUT2D eigenvalue weighted by molar-refractivity contribution is 9.10. The number of ether oxygens (including phenoxy) is 1. The number of nitrogens with one attached hydrogen (secondary N) is 1. The van der Waals surface area contributed by atoms with Gasteiger partial charge in [-0.3, -0.25) is 0 Å². The fourth-order valence-corrected chi connectivity index (χ4v) is 2.20. The Kier molecular flexibility index (Phi) is 5.29. The van der Waals surface area contributed by atoms with Crippen LogP contribution in [0.25, 0.3) is 0 Å². The van der Waals surface area contributed by atoms with Crippen LogP contribution in [0, 0.1) is 12.8 Å². The third-order valence-corrected chi connectivity index (χ3v) is 2.70. The lowest BCUT2D eigenvalue weighted by Gasteiger charge is -2.16. The van der Waals surface area contributed by atoms with Crippen LogP contribution in [0.2, 0.25) is 0 Å². The van der Waals surface area contributed by atoms with Crippen molar-refractivity contribution in [2.45, 2.75) is 27.3 Å². The molecule has 0 aromatic heterocycles. The highest BCUT2D eigenvalue weighted by atomic mass is 79.9. The minimum absolute atomic E-state index is 0.547. The van der Waals surface area contributed by atoms with Crippen molar-refractivity contribution in [1.82, 2.24) is 5.32 Å². The van der Waals surface area contributed by atoms with E-state index in [2.05, 4.69) is 54.2 Å². The molecular formula is C13H20BrNO. The van der Waals surface area contributed by atoms with Gasteiger partial charge in [0.2, 0.25) is 0 Å². The summed E-state index contributed by atoms with van der Waals surface area (Å²) in [5.41, 5.74) is 2.38. The van der Waals surface area contributed by atoms with Gasteiger partial charge in [0, 0.05) is 16.6 Å². The van der Waals surface area contributed by atoms with E-state index >= 15 is 0 Å². The summed E-state index contributed by atoms with van der Waals surface area (Å²) in [6.07, 6.45) is 0. The van der Waals surface area contributed by atoms with Gasteiger partial charge in [0.25, 0.3) is 0 Å². The number of halogens is 1. The second-order valence-corrected chi connectivity index (χ2v) is 5.36. The molecule has 1 aromatic rings. The first-order valence-corrected chi connectivity index (χ1v) is 6.40. The summed E-state index contributed by atoms with van der Waals surface area (Å²) in [7, 11) is 1.95. The summed E-state index contributed by atoms with van der Waals surface area (Å²) in [6.45, 7) is 7.99. The van der Waals surface area contributed by atoms with Gasteiger partial charge in [-0.15, -0.1) is 0 Å². The normalized spacial score (nSPS) is 10.9. The van der Waals surface area contributed by atoms with Crippen LogP contribution in [-0.4, -0.2) is 13.7 Å². The SMILES string of the molecule is CNCc1cc(Br)cc(C)c1OCC(C)C. The van der Waals surface area contributed by atoms with Crippen LogP contribution in [-0.2, 0) is 6.54 Å². The molecule has 3 heteroatoms. The number of hydrogen-bond donors (Lipinski definition) is 1. The summed E-state index contributed by atoms with van der Waals surface area (Å²) < 4.78 is 6.98. The quantitative estimate of drug-likeness (QED) is 0.894. The molecule has 0 spiro atoms. The van der Waals surface area contributed by atoms with Gasteiger partial charge in [0.15, 0.2) is 0 Å². The fourth-order valence-electron chi connectivity index (χ4n) is 1.58. The zero-order chi connectivity index (χ0) is 12.1. The second-order valence-electron chi connectivity index (χ2n) is 4.45. The molecule has 90 valence electrons. The van der Waals surface area contributed by atoms with Crippen molar-refractivity contribution in [2.75, 3.05) is 13.7 Å². The smallest absolute Gasteiger partial charge is 0.126 e. The van der Waals surface area contributed by atoms with E-state index in [9.17, 15) is 0 Å². The van der Waals surface area contributed by atoms with Crippen LogP contribution in [0.3, 0.4) is 0 Å². The molecule has 0 radical (unpaired) electrons. The lowest BCUT2D eigenvalue weighted by molar-refractivity contribution is 0.266. The third kappa shape index (κ3) is 3.80. The molecule has 1 aromatic carbocycles. The first-order chi connectivity index (χ1) is 7.54. The van der Waals surface area contributed by atoms with Gasteiger partial charge in [-0.05, 0) is 37.6 Å². The Hall–Kier alpha value is -0.540. The third-order valence-electron chi connectivity index (χ3n) is 2.24. The van der Waals surface area contributed by atoms with Crippen molar-refractivity contribution in [1.29, 1.82) is 0 Å². The van der Waals surface area contributed by atoms with Crippen LogP contribution < -0.4 is 10.1 Å². The highest BCUT2D eigenvalue weighted by Gasteiger charge is 2.09. The minimum atomic E-state index is 0.547. The summed E-state index contributed by atoms with van der Waals surface area (Å²) >= 11 is 3.51. The average Bonchev–Trinajstić information content (AvgIpc) is 2.16. The second kappa shape index (κ2) is 6.26. The van der Waals surface area contributed by atoms with E-state index in [0.717, 1.165) is 23.4 Å². The molecule has 0 unspecified atom stereocenters. The topological polar surface area (TPSA) is 21.3 Å². The zero-order valence-corrected chi connectivity index (χ0v) is 12.0. The lowest BCUT2D eigenvalue weighted by Crippen LogP contribution is -2.11. The van der Waals surface area contributed by atoms with Gasteiger partial charge in [0.1, 0.15) is 5.75 Å². The standard InChI is InChI=1S/C13H20BrNO/c1-9(2)8-16-13-10(3)5-12(14)6-11(13)7-15-4/h5-6,9,15H,7-8H2,1-4H3. The van der Waals surface area contributed by atoms with E-state index in [1.807, 2.05) is 7.05 Å². The van der Waals surface area contributed by atoms with Gasteiger partial charge in [-0.1, -0.05) is 29.8 Å². The maximum absolute atomic E-state index is 5.88. The molecule has 0 saturated heterocycles. The van der Waals surface area contributed by atoms with Crippen LogP contribution in [0.1, 0.15) is 25.0 Å². The first kappa shape index (κ1) is 13.5. The van der Waals surface area contributed by atoms with E-state index in [0.29, 0.717) is 5.92 Å². The number of benzene rings is 1. The van der Waals surface area contributed by atoms with E-state index in [1.165, 1.54) is 11.1 Å². The molecule has 0 aliphatic rings. The molecule has 1 N–H and O–H groups in total. The first-order valence-electron chi connectivity index (χ1n) is 5.61. The summed E-state index contributed by atoms with van der Waals surface area (Å²) in [6, 6.07) is 4.20. The molecule has 2 nitrogen and oxygen atoms in total. The molecule has 0 fully saturated rings. The Bertz CT molecular complexity index is 350. The van der Waals surface area contributed by atoms with E-state index < -0.39 is 0 Å². The molecule has 0 bridgehead atoms. The Morgan fingerprint density at radius 2 is 2.06 bits per heavy atom. The van der Waals surface area contributed by atoms with Crippen molar-refractivity contribution in [3.05, 3.63) is 27.7 Å². The molecule has 16 heavy (non-hydrogen) atoms. The monoisotopic (exact) mass is 285 g/mol. The van der Waals surface area contributed by atoms with Crippen LogP contribution >= 0.6 is 15.9 Å². The predicted molar refractivity (Wildman–Crippen MR) is 72.0 cm³/mol. The van der Waals surface area contributed by atoms with Crippen LogP contribution in [0.4, 0.5) is 0 Å². The maximum atomic E-state index is 5.88. The Morgan fingerprint density at radius 3 is 2.62 bits per heavy atom. The molecule has 0 aliphatic heterocycles. The van der Waals surface area contributed by atoms with Gasteiger partial charge in [-0.2, -0.15) is 0 Å². The molecule has 0 amide bonds.